The molecule has 0 aliphatic heterocycles. The van der Waals surface area contributed by atoms with Gasteiger partial charge in [-0.1, -0.05) is 13.3 Å². The second kappa shape index (κ2) is 7.06. The second-order valence-electron chi connectivity index (χ2n) is 4.22. The monoisotopic (exact) mass is 237 g/mol. The fourth-order valence-corrected chi connectivity index (χ4v) is 1.57. The number of hydrogen-bond donors (Lipinski definition) is 1. The Balaban J connectivity index is 2.70. The third-order valence-corrected chi connectivity index (χ3v) is 2.73. The van der Waals surface area contributed by atoms with Crippen molar-refractivity contribution < 1.29 is 0 Å². The van der Waals surface area contributed by atoms with Crippen LogP contribution in [0.4, 0.5) is 11.6 Å². The summed E-state index contributed by atoms with van der Waals surface area (Å²) in [5.41, 5.74) is 5.53. The molecule has 96 valence electrons. The van der Waals surface area contributed by atoms with Gasteiger partial charge in [-0.15, -0.1) is 0 Å². The molecule has 1 aromatic rings. The number of unbranched alkanes of at least 4 members (excludes halogenated alkanes) is 1. The van der Waals surface area contributed by atoms with Crippen LogP contribution in [0.3, 0.4) is 0 Å². The van der Waals surface area contributed by atoms with Crippen molar-refractivity contribution in [2.45, 2.75) is 19.8 Å². The molecule has 1 heterocycles. The molecule has 0 bridgehead atoms. The van der Waals surface area contributed by atoms with Gasteiger partial charge in [0.15, 0.2) is 0 Å². The number of nitrogens with zero attached hydrogens (tertiary/aromatic N) is 4. The van der Waals surface area contributed by atoms with Crippen LogP contribution in [0.2, 0.25) is 0 Å². The summed E-state index contributed by atoms with van der Waals surface area (Å²) in [7, 11) is 4.05. The van der Waals surface area contributed by atoms with Crippen molar-refractivity contribution in [3.8, 4) is 0 Å². The molecule has 17 heavy (non-hydrogen) atoms. The van der Waals surface area contributed by atoms with Crippen LogP contribution in [0.25, 0.3) is 0 Å². The summed E-state index contributed by atoms with van der Waals surface area (Å²) in [5.74, 6) is 1.89. The Hall–Kier alpha value is -1.36. The SMILES string of the molecule is CCCCN(C)c1cc(N(C)CCN)ncn1. The largest absolute Gasteiger partial charge is 0.360 e. The van der Waals surface area contributed by atoms with Crippen LogP contribution < -0.4 is 15.5 Å². The molecule has 0 amide bonds. The van der Waals surface area contributed by atoms with Gasteiger partial charge in [-0.2, -0.15) is 0 Å². The van der Waals surface area contributed by atoms with Crippen molar-refractivity contribution in [3.63, 3.8) is 0 Å². The number of aromatic nitrogens is 2. The first kappa shape index (κ1) is 13.7. The Labute approximate surface area is 104 Å². The summed E-state index contributed by atoms with van der Waals surface area (Å²) >= 11 is 0. The average Bonchev–Trinajstić information content (AvgIpc) is 2.36. The molecule has 2 N–H and O–H groups in total. The molecule has 0 aromatic carbocycles. The molecular weight excluding hydrogens is 214 g/mol. The van der Waals surface area contributed by atoms with Gasteiger partial charge in [0, 0.05) is 39.8 Å². The maximum absolute atomic E-state index is 5.53. The van der Waals surface area contributed by atoms with Crippen molar-refractivity contribution >= 4 is 11.6 Å². The molecule has 0 radical (unpaired) electrons. The highest BCUT2D eigenvalue weighted by Gasteiger charge is 2.06. The minimum Gasteiger partial charge on any atom is -0.360 e. The Bertz CT molecular complexity index is 328. The van der Waals surface area contributed by atoms with Crippen molar-refractivity contribution in [2.75, 3.05) is 43.5 Å². The molecule has 0 aliphatic rings. The van der Waals surface area contributed by atoms with Gasteiger partial charge in [-0.25, -0.2) is 9.97 Å². The highest BCUT2D eigenvalue weighted by molar-refractivity contribution is 5.49. The number of likely N-dealkylation sites (N-methyl/N-ethyl adjacent to an activating group) is 1. The molecule has 0 unspecified atom stereocenters. The maximum atomic E-state index is 5.53. The zero-order valence-electron chi connectivity index (χ0n) is 11.1. The van der Waals surface area contributed by atoms with E-state index in [1.807, 2.05) is 18.0 Å². The van der Waals surface area contributed by atoms with E-state index in [4.69, 9.17) is 5.73 Å². The van der Waals surface area contributed by atoms with Crippen LogP contribution in [-0.2, 0) is 0 Å². The second-order valence-corrected chi connectivity index (χ2v) is 4.22. The highest BCUT2D eigenvalue weighted by Crippen LogP contribution is 2.15. The van der Waals surface area contributed by atoms with Crippen molar-refractivity contribution in [3.05, 3.63) is 12.4 Å². The van der Waals surface area contributed by atoms with Crippen LogP contribution in [0, 0.1) is 0 Å². The van der Waals surface area contributed by atoms with Crippen LogP contribution in [-0.4, -0.2) is 43.7 Å². The van der Waals surface area contributed by atoms with Gasteiger partial charge in [0.25, 0.3) is 0 Å². The lowest BCUT2D eigenvalue weighted by atomic mass is 10.3. The standard InChI is InChI=1S/C12H23N5/c1-4-5-7-16(2)11-9-12(15-10-14-11)17(3)8-6-13/h9-10H,4-8,13H2,1-3H3. The van der Waals surface area contributed by atoms with E-state index < -0.39 is 0 Å². The zero-order valence-corrected chi connectivity index (χ0v) is 11.1. The molecule has 0 saturated carbocycles. The molecular formula is C12H23N5. The summed E-state index contributed by atoms with van der Waals surface area (Å²) < 4.78 is 0. The van der Waals surface area contributed by atoms with Crippen LogP contribution in [0.1, 0.15) is 19.8 Å². The van der Waals surface area contributed by atoms with Crippen molar-refractivity contribution in [2.24, 2.45) is 5.73 Å². The molecule has 1 aromatic heterocycles. The number of rotatable bonds is 7. The summed E-state index contributed by atoms with van der Waals surface area (Å²) in [6.45, 7) is 4.64. The van der Waals surface area contributed by atoms with Crippen molar-refractivity contribution in [1.82, 2.24) is 9.97 Å². The minimum absolute atomic E-state index is 0.626. The third-order valence-electron chi connectivity index (χ3n) is 2.73. The number of hydrogen-bond acceptors (Lipinski definition) is 5. The molecule has 0 aliphatic carbocycles. The van der Waals surface area contributed by atoms with Gasteiger partial charge in [0.2, 0.25) is 0 Å². The van der Waals surface area contributed by atoms with Crippen LogP contribution in [0.15, 0.2) is 12.4 Å². The summed E-state index contributed by atoms with van der Waals surface area (Å²) in [6.07, 6.45) is 3.98. The Morgan fingerprint density at radius 3 is 2.24 bits per heavy atom. The number of anilines is 2. The van der Waals surface area contributed by atoms with Crippen LogP contribution >= 0.6 is 0 Å². The quantitative estimate of drug-likeness (QED) is 0.770. The van der Waals surface area contributed by atoms with Gasteiger partial charge in [-0.3, -0.25) is 0 Å². The number of nitrogens with two attached hydrogens (primary N) is 1. The summed E-state index contributed by atoms with van der Waals surface area (Å²) in [6, 6.07) is 2.01. The van der Waals surface area contributed by atoms with E-state index in [1.165, 1.54) is 12.8 Å². The Kier molecular flexibility index (Phi) is 5.69. The van der Waals surface area contributed by atoms with Gasteiger partial charge in [0.1, 0.15) is 18.0 Å². The van der Waals surface area contributed by atoms with E-state index in [2.05, 4.69) is 28.8 Å². The normalized spacial score (nSPS) is 10.4. The first-order valence-corrected chi connectivity index (χ1v) is 6.13. The topological polar surface area (TPSA) is 58.3 Å². The zero-order chi connectivity index (χ0) is 12.7. The summed E-state index contributed by atoms with van der Waals surface area (Å²) in [5, 5.41) is 0. The third kappa shape index (κ3) is 4.19. The molecule has 1 rings (SSSR count). The molecule has 0 saturated heterocycles. The van der Waals surface area contributed by atoms with Gasteiger partial charge in [0.05, 0.1) is 0 Å². The van der Waals surface area contributed by atoms with E-state index in [-0.39, 0.29) is 0 Å². The highest BCUT2D eigenvalue weighted by atomic mass is 15.2. The minimum atomic E-state index is 0.626. The lowest BCUT2D eigenvalue weighted by Crippen LogP contribution is -2.26. The van der Waals surface area contributed by atoms with Crippen LogP contribution in [0.5, 0.6) is 0 Å². The smallest absolute Gasteiger partial charge is 0.133 e. The van der Waals surface area contributed by atoms with Gasteiger partial charge >= 0.3 is 0 Å². The van der Waals surface area contributed by atoms with E-state index in [0.717, 1.165) is 24.7 Å². The molecule has 0 atom stereocenters. The van der Waals surface area contributed by atoms with E-state index in [9.17, 15) is 0 Å². The molecule has 5 nitrogen and oxygen atoms in total. The van der Waals surface area contributed by atoms with Crippen molar-refractivity contribution in [1.29, 1.82) is 0 Å². The fourth-order valence-electron chi connectivity index (χ4n) is 1.57. The Morgan fingerprint density at radius 2 is 1.71 bits per heavy atom. The van der Waals surface area contributed by atoms with Gasteiger partial charge in [-0.05, 0) is 6.42 Å². The average molecular weight is 237 g/mol. The maximum Gasteiger partial charge on any atom is 0.133 e. The predicted octanol–water partition coefficient (Wildman–Crippen LogP) is 1.11. The fraction of sp³-hybridized carbons (Fsp3) is 0.667. The molecule has 5 heteroatoms. The van der Waals surface area contributed by atoms with E-state index >= 15 is 0 Å². The lowest BCUT2D eigenvalue weighted by Gasteiger charge is -2.21. The van der Waals surface area contributed by atoms with E-state index in [0.29, 0.717) is 6.54 Å². The summed E-state index contributed by atoms with van der Waals surface area (Å²) in [4.78, 5) is 12.7. The van der Waals surface area contributed by atoms with Gasteiger partial charge < -0.3 is 15.5 Å². The lowest BCUT2D eigenvalue weighted by molar-refractivity contribution is 0.757. The van der Waals surface area contributed by atoms with E-state index in [1.54, 1.807) is 6.33 Å². The molecule has 0 fully saturated rings. The first-order chi connectivity index (χ1) is 8.19. The predicted molar refractivity (Wildman–Crippen MR) is 72.5 cm³/mol. The Morgan fingerprint density at radius 1 is 1.12 bits per heavy atom. The molecule has 0 spiro atoms. The first-order valence-electron chi connectivity index (χ1n) is 6.13.